The molecule has 0 saturated carbocycles. The van der Waals surface area contributed by atoms with Crippen LogP contribution in [-0.2, 0) is 17.5 Å². The number of nitrogens with zero attached hydrogens (tertiary/aromatic N) is 5. The minimum absolute atomic E-state index is 0.0370. The SMILES string of the molecule is CCn1cc(Nc2ncc(-c3ccc(C(C=O)CNc4cnc(OC)c(C(F)(F)F)c4)cc3F)cn2)cn1. The standard InChI is InChI=1S/C25H23F4N7O2/c1-3-36-13-19(12-34-36)35-24-32-8-16(9-33-24)20-5-4-15(6-22(20)26)17(14-37)10-30-18-7-21(25(27,28)29)23(38-2)31-11-18/h4-9,11-14,17,30H,3,10H2,1-2H3,(H,32,33,35). The molecule has 198 valence electrons. The largest absolute Gasteiger partial charge is 0.481 e. The molecular weight excluding hydrogens is 506 g/mol. The first-order valence-corrected chi connectivity index (χ1v) is 11.4. The van der Waals surface area contributed by atoms with E-state index in [1.165, 1.54) is 24.5 Å². The van der Waals surface area contributed by atoms with Crippen molar-refractivity contribution in [2.75, 3.05) is 24.3 Å². The fourth-order valence-electron chi connectivity index (χ4n) is 3.64. The van der Waals surface area contributed by atoms with Crippen molar-refractivity contribution in [1.29, 1.82) is 0 Å². The summed E-state index contributed by atoms with van der Waals surface area (Å²) in [5.41, 5.74) is 0.694. The Labute approximate surface area is 214 Å². The van der Waals surface area contributed by atoms with Gasteiger partial charge in [-0.2, -0.15) is 18.3 Å². The maximum Gasteiger partial charge on any atom is 0.421 e. The van der Waals surface area contributed by atoms with Gasteiger partial charge < -0.3 is 20.2 Å². The number of carbonyl (C=O) groups is 1. The third-order valence-corrected chi connectivity index (χ3v) is 5.64. The smallest absolute Gasteiger partial charge is 0.421 e. The molecule has 0 aliphatic heterocycles. The molecule has 1 atom stereocenters. The van der Waals surface area contributed by atoms with E-state index in [4.69, 9.17) is 0 Å². The maximum atomic E-state index is 15.0. The van der Waals surface area contributed by atoms with Crippen molar-refractivity contribution in [3.63, 3.8) is 0 Å². The average Bonchev–Trinajstić information content (AvgIpc) is 3.36. The summed E-state index contributed by atoms with van der Waals surface area (Å²) in [6.45, 7) is 2.60. The van der Waals surface area contributed by atoms with E-state index >= 15 is 0 Å². The topological polar surface area (TPSA) is 107 Å². The number of aryl methyl sites for hydroxylation is 1. The second kappa shape index (κ2) is 11.2. The highest BCUT2D eigenvalue weighted by molar-refractivity contribution is 5.68. The molecule has 0 radical (unpaired) electrons. The van der Waals surface area contributed by atoms with Crippen molar-refractivity contribution >= 4 is 23.6 Å². The van der Waals surface area contributed by atoms with Crippen LogP contribution in [0.2, 0.25) is 0 Å². The molecule has 1 unspecified atom stereocenters. The highest BCUT2D eigenvalue weighted by Crippen LogP contribution is 2.36. The van der Waals surface area contributed by atoms with E-state index in [1.807, 2.05) is 6.92 Å². The van der Waals surface area contributed by atoms with Crippen LogP contribution in [0.15, 0.2) is 55.2 Å². The van der Waals surface area contributed by atoms with E-state index in [0.29, 0.717) is 29.0 Å². The van der Waals surface area contributed by atoms with Gasteiger partial charge >= 0.3 is 6.18 Å². The van der Waals surface area contributed by atoms with Crippen LogP contribution >= 0.6 is 0 Å². The highest BCUT2D eigenvalue weighted by atomic mass is 19.4. The van der Waals surface area contributed by atoms with Crippen LogP contribution in [0.25, 0.3) is 11.1 Å². The molecule has 0 amide bonds. The Morgan fingerprint density at radius 3 is 2.45 bits per heavy atom. The lowest BCUT2D eigenvalue weighted by Gasteiger charge is -2.16. The number of hydrogen-bond acceptors (Lipinski definition) is 8. The summed E-state index contributed by atoms with van der Waals surface area (Å²) in [6.07, 6.45) is 3.44. The van der Waals surface area contributed by atoms with Gasteiger partial charge in [-0.1, -0.05) is 12.1 Å². The predicted octanol–water partition coefficient (Wildman–Crippen LogP) is 5.06. The zero-order valence-electron chi connectivity index (χ0n) is 20.3. The molecule has 0 fully saturated rings. The Bertz CT molecular complexity index is 1410. The summed E-state index contributed by atoms with van der Waals surface area (Å²) < 4.78 is 61.1. The molecule has 0 aliphatic rings. The molecular formula is C25H23F4N7O2. The minimum atomic E-state index is -4.67. The van der Waals surface area contributed by atoms with Crippen molar-refractivity contribution < 1.29 is 27.1 Å². The zero-order chi connectivity index (χ0) is 27.3. The lowest BCUT2D eigenvalue weighted by atomic mass is 9.97. The number of aldehydes is 1. The molecule has 9 nitrogen and oxygen atoms in total. The van der Waals surface area contributed by atoms with Gasteiger partial charge in [0.25, 0.3) is 0 Å². The molecule has 3 heterocycles. The van der Waals surface area contributed by atoms with E-state index in [9.17, 15) is 22.4 Å². The quantitative estimate of drug-likeness (QED) is 0.217. The fraction of sp³-hybridized carbons (Fsp3) is 0.240. The van der Waals surface area contributed by atoms with Crippen LogP contribution in [0.1, 0.15) is 24.0 Å². The summed E-state index contributed by atoms with van der Waals surface area (Å²) in [5.74, 6) is -1.68. The van der Waals surface area contributed by atoms with Crippen molar-refractivity contribution in [1.82, 2.24) is 24.7 Å². The van der Waals surface area contributed by atoms with Gasteiger partial charge in [-0.3, -0.25) is 4.68 Å². The molecule has 2 N–H and O–H groups in total. The number of benzene rings is 1. The number of anilines is 3. The molecule has 0 aliphatic carbocycles. The van der Waals surface area contributed by atoms with Crippen LogP contribution in [0.4, 0.5) is 34.9 Å². The van der Waals surface area contributed by atoms with Gasteiger partial charge in [-0.25, -0.2) is 19.3 Å². The second-order valence-electron chi connectivity index (χ2n) is 8.15. The van der Waals surface area contributed by atoms with E-state index in [1.54, 1.807) is 23.1 Å². The van der Waals surface area contributed by atoms with Gasteiger partial charge in [0.1, 0.15) is 17.7 Å². The van der Waals surface area contributed by atoms with Gasteiger partial charge in [0, 0.05) is 42.8 Å². The molecule has 0 bridgehead atoms. The third kappa shape index (κ3) is 6.05. The van der Waals surface area contributed by atoms with E-state index in [0.717, 1.165) is 25.9 Å². The zero-order valence-corrected chi connectivity index (χ0v) is 20.3. The molecule has 38 heavy (non-hydrogen) atoms. The number of rotatable bonds is 10. The first kappa shape index (κ1) is 26.5. The molecule has 4 aromatic rings. The van der Waals surface area contributed by atoms with Crippen LogP contribution in [0, 0.1) is 5.82 Å². The molecule has 4 rings (SSSR count). The van der Waals surface area contributed by atoms with Gasteiger partial charge in [-0.05, 0) is 24.6 Å². The molecule has 1 aromatic carbocycles. The Hall–Kier alpha value is -4.55. The fourth-order valence-corrected chi connectivity index (χ4v) is 3.64. The van der Waals surface area contributed by atoms with Gasteiger partial charge in [0.2, 0.25) is 11.8 Å². The van der Waals surface area contributed by atoms with Crippen molar-refractivity contribution in [3.05, 3.63) is 72.2 Å². The van der Waals surface area contributed by atoms with Crippen molar-refractivity contribution in [2.45, 2.75) is 25.6 Å². The number of aromatic nitrogens is 5. The normalized spacial score (nSPS) is 12.2. The predicted molar refractivity (Wildman–Crippen MR) is 132 cm³/mol. The van der Waals surface area contributed by atoms with Gasteiger partial charge in [-0.15, -0.1) is 0 Å². The first-order valence-electron chi connectivity index (χ1n) is 11.4. The molecule has 13 heteroatoms. The van der Waals surface area contributed by atoms with Gasteiger partial charge in [0.15, 0.2) is 0 Å². The highest BCUT2D eigenvalue weighted by Gasteiger charge is 2.35. The number of halogens is 4. The summed E-state index contributed by atoms with van der Waals surface area (Å²) >= 11 is 0. The lowest BCUT2D eigenvalue weighted by Crippen LogP contribution is -2.16. The van der Waals surface area contributed by atoms with Gasteiger partial charge in [0.05, 0.1) is 36.8 Å². The Kier molecular flexibility index (Phi) is 7.84. The molecule has 3 aromatic heterocycles. The number of carbonyl (C=O) groups excluding carboxylic acids is 1. The van der Waals surface area contributed by atoms with E-state index < -0.39 is 29.4 Å². The van der Waals surface area contributed by atoms with Crippen LogP contribution in [-0.4, -0.2) is 44.7 Å². The Balaban J connectivity index is 1.45. The summed E-state index contributed by atoms with van der Waals surface area (Å²) in [6, 6.07) is 5.10. The van der Waals surface area contributed by atoms with Crippen molar-refractivity contribution in [3.8, 4) is 17.0 Å². The van der Waals surface area contributed by atoms with Crippen molar-refractivity contribution in [2.24, 2.45) is 0 Å². The molecule has 0 spiro atoms. The van der Waals surface area contributed by atoms with Crippen LogP contribution < -0.4 is 15.4 Å². The summed E-state index contributed by atoms with van der Waals surface area (Å²) in [4.78, 5) is 23.8. The second-order valence-corrected chi connectivity index (χ2v) is 8.15. The third-order valence-electron chi connectivity index (χ3n) is 5.64. The number of pyridine rings is 1. The number of methoxy groups -OCH3 is 1. The number of hydrogen-bond donors (Lipinski definition) is 2. The Morgan fingerprint density at radius 2 is 1.84 bits per heavy atom. The van der Waals surface area contributed by atoms with E-state index in [2.05, 4.69) is 35.4 Å². The average molecular weight is 529 g/mol. The van der Waals surface area contributed by atoms with E-state index in [-0.39, 0.29) is 17.8 Å². The monoisotopic (exact) mass is 529 g/mol. The number of ether oxygens (including phenoxy) is 1. The minimum Gasteiger partial charge on any atom is -0.481 e. The summed E-state index contributed by atoms with van der Waals surface area (Å²) in [5, 5.41) is 9.91. The number of nitrogens with one attached hydrogen (secondary N) is 2. The lowest BCUT2D eigenvalue weighted by molar-refractivity contribution is -0.139. The van der Waals surface area contributed by atoms with Crippen LogP contribution in [0.5, 0.6) is 5.88 Å². The maximum absolute atomic E-state index is 15.0. The van der Waals surface area contributed by atoms with Crippen LogP contribution in [0.3, 0.4) is 0 Å². The summed E-state index contributed by atoms with van der Waals surface area (Å²) in [7, 11) is 1.09. The Morgan fingerprint density at radius 1 is 1.08 bits per heavy atom. The molecule has 0 saturated heterocycles. The first-order chi connectivity index (χ1) is 18.2. The number of alkyl halides is 3.